The largest absolute Gasteiger partial charge is 0.456 e. The molecule has 4 heterocycles. The van der Waals surface area contributed by atoms with Crippen LogP contribution in [0.1, 0.15) is 36.3 Å². The highest BCUT2D eigenvalue weighted by atomic mass is 32.1. The van der Waals surface area contributed by atoms with Crippen molar-refractivity contribution in [3.8, 4) is 16.8 Å². The molecule has 3 atom stereocenters. The summed E-state index contributed by atoms with van der Waals surface area (Å²) in [5.74, 6) is 0. The van der Waals surface area contributed by atoms with E-state index in [-0.39, 0.29) is 18.5 Å². The molecule has 0 radical (unpaired) electrons. The summed E-state index contributed by atoms with van der Waals surface area (Å²) in [6.07, 6.45) is 8.88. The zero-order chi connectivity index (χ0) is 37.5. The van der Waals surface area contributed by atoms with Gasteiger partial charge in [0.05, 0.1) is 29.5 Å². The molecule has 0 amide bonds. The zero-order valence-corrected chi connectivity index (χ0v) is 31.9. The van der Waals surface area contributed by atoms with Crippen molar-refractivity contribution in [1.82, 2.24) is 20.5 Å². The number of hydrogen-bond donors (Lipinski definition) is 3. The second-order valence-electron chi connectivity index (χ2n) is 15.3. The molecule has 7 aromatic carbocycles. The van der Waals surface area contributed by atoms with Crippen LogP contribution in [0.2, 0.25) is 0 Å². The van der Waals surface area contributed by atoms with E-state index in [1.54, 1.807) is 0 Å². The van der Waals surface area contributed by atoms with Gasteiger partial charge in [-0.1, -0.05) is 121 Å². The fraction of sp³-hybridized carbons (Fsp3) is 0.0980. The number of hydrogen-bond acceptors (Lipinski definition) is 5. The average molecular weight is 755 g/mol. The molecule has 12 rings (SSSR count). The Bertz CT molecular complexity index is 3200. The van der Waals surface area contributed by atoms with E-state index in [1.807, 2.05) is 11.3 Å². The molecule has 3 aromatic heterocycles. The quantitative estimate of drug-likeness (QED) is 0.164. The van der Waals surface area contributed by atoms with Crippen LogP contribution in [0.5, 0.6) is 0 Å². The Balaban J connectivity index is 0.983. The summed E-state index contributed by atoms with van der Waals surface area (Å²) in [5, 5.41) is 19.0. The SMILES string of the molecule is C1=CCCC(C2NC(c3ccccc3)NC(c3ccc4c(c3)sc3cccc(-c5cccc6oc7ccc(-n8c9ccccc9c9ccccc98)cc7c56)c34)N2)=C1. The molecule has 57 heavy (non-hydrogen) atoms. The van der Waals surface area contributed by atoms with E-state index in [1.165, 1.54) is 69.8 Å². The molecule has 0 saturated carbocycles. The molecule has 1 saturated heterocycles. The lowest BCUT2D eigenvalue weighted by atomic mass is 9.95. The van der Waals surface area contributed by atoms with Crippen LogP contribution in [0.25, 0.3) is 80.7 Å². The van der Waals surface area contributed by atoms with Gasteiger partial charge in [0.15, 0.2) is 0 Å². The second kappa shape index (κ2) is 13.2. The van der Waals surface area contributed by atoms with Crippen molar-refractivity contribution in [3.05, 3.63) is 187 Å². The third-order valence-electron chi connectivity index (χ3n) is 12.0. The summed E-state index contributed by atoms with van der Waals surface area (Å²) in [7, 11) is 0. The molecule has 1 aliphatic carbocycles. The average Bonchev–Trinajstić information content (AvgIpc) is 3.96. The molecule has 2 aliphatic rings. The maximum absolute atomic E-state index is 6.59. The molecule has 3 N–H and O–H groups in total. The summed E-state index contributed by atoms with van der Waals surface area (Å²) in [5.41, 5.74) is 11.6. The van der Waals surface area contributed by atoms with Crippen molar-refractivity contribution in [2.24, 2.45) is 0 Å². The number of thiophene rings is 1. The van der Waals surface area contributed by atoms with Crippen LogP contribution in [-0.2, 0) is 0 Å². The Hall–Kier alpha value is -6.28. The van der Waals surface area contributed by atoms with Gasteiger partial charge in [0.1, 0.15) is 11.2 Å². The molecule has 0 spiro atoms. The van der Waals surface area contributed by atoms with Gasteiger partial charge >= 0.3 is 0 Å². The maximum Gasteiger partial charge on any atom is 0.136 e. The minimum Gasteiger partial charge on any atom is -0.456 e. The summed E-state index contributed by atoms with van der Waals surface area (Å²) >= 11 is 1.87. The van der Waals surface area contributed by atoms with Gasteiger partial charge < -0.3 is 8.98 Å². The van der Waals surface area contributed by atoms with E-state index in [0.29, 0.717) is 0 Å². The molecule has 0 bridgehead atoms. The fourth-order valence-corrected chi connectivity index (χ4v) is 10.6. The first-order valence-corrected chi connectivity index (χ1v) is 20.6. The van der Waals surface area contributed by atoms with E-state index < -0.39 is 0 Å². The molecule has 1 aliphatic heterocycles. The van der Waals surface area contributed by atoms with E-state index in [0.717, 1.165) is 40.5 Å². The van der Waals surface area contributed by atoms with Crippen molar-refractivity contribution in [2.45, 2.75) is 31.3 Å². The number of benzene rings is 7. The Morgan fingerprint density at radius 1 is 0.526 bits per heavy atom. The van der Waals surface area contributed by atoms with Gasteiger partial charge in [0, 0.05) is 47.4 Å². The predicted molar refractivity (Wildman–Crippen MR) is 238 cm³/mol. The molecule has 3 unspecified atom stereocenters. The summed E-state index contributed by atoms with van der Waals surface area (Å²) in [6, 6.07) is 55.0. The zero-order valence-electron chi connectivity index (χ0n) is 31.1. The molecular weight excluding hydrogens is 717 g/mol. The van der Waals surface area contributed by atoms with E-state index in [9.17, 15) is 0 Å². The van der Waals surface area contributed by atoms with Crippen LogP contribution in [0, 0.1) is 0 Å². The van der Waals surface area contributed by atoms with Crippen molar-refractivity contribution < 1.29 is 4.42 Å². The molecule has 10 aromatic rings. The Morgan fingerprint density at radius 3 is 2.04 bits per heavy atom. The lowest BCUT2D eigenvalue weighted by Gasteiger charge is -2.40. The fourth-order valence-electron chi connectivity index (χ4n) is 9.38. The highest BCUT2D eigenvalue weighted by Crippen LogP contribution is 2.45. The standard InChI is InChI=1S/C51H38N4OS/c1-3-13-31(14-4-1)49-52-50(32-15-5-2-6-16-32)54-51(53-49)33-25-27-39-46(29-33)57-45-24-12-20-38(48(39)45)37-19-11-23-44-47(37)40-30-34(26-28-43(40)56-44)55-41-21-9-7-17-35(41)36-18-8-10-22-42(36)55/h1-5,7-15,17-30,49-54H,6,16H2. The van der Waals surface area contributed by atoms with Gasteiger partial charge in [-0.25, -0.2) is 0 Å². The Kier molecular flexibility index (Phi) is 7.60. The topological polar surface area (TPSA) is 54.2 Å². The van der Waals surface area contributed by atoms with E-state index in [4.69, 9.17) is 4.42 Å². The van der Waals surface area contributed by atoms with Gasteiger partial charge in [-0.2, -0.15) is 0 Å². The highest BCUT2D eigenvalue weighted by molar-refractivity contribution is 7.26. The third kappa shape index (κ3) is 5.33. The number of para-hydroxylation sites is 2. The maximum atomic E-state index is 6.59. The van der Waals surface area contributed by atoms with E-state index in [2.05, 4.69) is 190 Å². The first-order chi connectivity index (χ1) is 28.2. The van der Waals surface area contributed by atoms with Gasteiger partial charge in [-0.05, 0) is 89.2 Å². The predicted octanol–water partition coefficient (Wildman–Crippen LogP) is 12.8. The number of nitrogens with zero attached hydrogens (tertiary/aromatic N) is 1. The van der Waals surface area contributed by atoms with Crippen LogP contribution >= 0.6 is 11.3 Å². The van der Waals surface area contributed by atoms with Gasteiger partial charge in [0.2, 0.25) is 0 Å². The Morgan fingerprint density at radius 2 is 1.25 bits per heavy atom. The van der Waals surface area contributed by atoms with E-state index >= 15 is 0 Å². The third-order valence-corrected chi connectivity index (χ3v) is 13.1. The van der Waals surface area contributed by atoms with Crippen LogP contribution in [0.3, 0.4) is 0 Å². The number of rotatable bonds is 5. The molecule has 1 fully saturated rings. The van der Waals surface area contributed by atoms with Crippen molar-refractivity contribution in [1.29, 1.82) is 0 Å². The summed E-state index contributed by atoms with van der Waals surface area (Å²) in [6.45, 7) is 0. The lowest BCUT2D eigenvalue weighted by molar-refractivity contribution is 0.219. The number of furan rings is 1. The molecule has 5 nitrogen and oxygen atoms in total. The van der Waals surface area contributed by atoms with Crippen LogP contribution < -0.4 is 16.0 Å². The molecular formula is C51H38N4OS. The van der Waals surface area contributed by atoms with Gasteiger partial charge in [-0.3, -0.25) is 16.0 Å². The lowest BCUT2D eigenvalue weighted by Crippen LogP contribution is -2.59. The second-order valence-corrected chi connectivity index (χ2v) is 16.4. The number of nitrogens with one attached hydrogen (secondary N) is 3. The number of aromatic nitrogens is 1. The number of allylic oxidation sites excluding steroid dienone is 3. The van der Waals surface area contributed by atoms with Gasteiger partial charge in [0.25, 0.3) is 0 Å². The summed E-state index contributed by atoms with van der Waals surface area (Å²) < 4.78 is 11.5. The van der Waals surface area contributed by atoms with Crippen LogP contribution in [-0.4, -0.2) is 10.7 Å². The molecule has 274 valence electrons. The van der Waals surface area contributed by atoms with Crippen molar-refractivity contribution in [3.63, 3.8) is 0 Å². The number of fused-ring (bicyclic) bond motifs is 9. The smallest absolute Gasteiger partial charge is 0.136 e. The van der Waals surface area contributed by atoms with Crippen molar-refractivity contribution in [2.75, 3.05) is 0 Å². The first-order valence-electron chi connectivity index (χ1n) is 19.8. The monoisotopic (exact) mass is 754 g/mol. The minimum absolute atomic E-state index is 0.0136. The highest BCUT2D eigenvalue weighted by Gasteiger charge is 2.31. The van der Waals surface area contributed by atoms with Crippen molar-refractivity contribution >= 4 is 75.3 Å². The first kappa shape index (κ1) is 32.9. The Labute approximate surface area is 333 Å². The van der Waals surface area contributed by atoms with Crippen LogP contribution in [0.4, 0.5) is 0 Å². The minimum atomic E-state index is -0.0304. The van der Waals surface area contributed by atoms with Gasteiger partial charge in [-0.15, -0.1) is 11.3 Å². The summed E-state index contributed by atoms with van der Waals surface area (Å²) in [4.78, 5) is 0. The van der Waals surface area contributed by atoms with Crippen LogP contribution in [0.15, 0.2) is 180 Å². The molecule has 6 heteroatoms. The normalized spacial score (nSPS) is 18.7.